The number of piperidine rings is 1. The molecule has 0 spiro atoms. The van der Waals surface area contributed by atoms with Gasteiger partial charge in [-0.1, -0.05) is 18.2 Å². The molecule has 0 aromatic heterocycles. The molecule has 112 valence electrons. The lowest BCUT2D eigenvalue weighted by molar-refractivity contribution is -0.154. The van der Waals surface area contributed by atoms with E-state index in [0.29, 0.717) is 19.4 Å². The van der Waals surface area contributed by atoms with Crippen LogP contribution in [-0.2, 0) is 20.7 Å². The minimum Gasteiger partial charge on any atom is -0.467 e. The molecule has 1 N–H and O–H groups in total. The number of rotatable bonds is 2. The molecule has 1 unspecified atom stereocenters. The van der Waals surface area contributed by atoms with Crippen molar-refractivity contribution in [3.8, 4) is 0 Å². The number of nitrogens with zero attached hydrogens (tertiary/aromatic N) is 1. The van der Waals surface area contributed by atoms with E-state index >= 15 is 0 Å². The topological polar surface area (TPSA) is 58.6 Å². The highest BCUT2D eigenvalue weighted by Gasteiger charge is 2.37. The first-order valence-corrected chi connectivity index (χ1v) is 7.43. The van der Waals surface area contributed by atoms with Gasteiger partial charge in [0.1, 0.15) is 12.1 Å². The summed E-state index contributed by atoms with van der Waals surface area (Å²) in [6.07, 6.45) is 3.28. The third kappa shape index (κ3) is 2.60. The second-order valence-corrected chi connectivity index (χ2v) is 5.62. The van der Waals surface area contributed by atoms with Crippen molar-refractivity contribution in [1.82, 2.24) is 4.90 Å². The SMILES string of the molecule is COC(=O)C1CCCCN1C(=O)[C@@H]1Cc2ccccc2N1. The van der Waals surface area contributed by atoms with E-state index in [1.165, 1.54) is 7.11 Å². The van der Waals surface area contributed by atoms with Crippen molar-refractivity contribution in [1.29, 1.82) is 0 Å². The lowest BCUT2D eigenvalue weighted by atomic mass is 10.00. The minimum atomic E-state index is -0.429. The molecular formula is C16H20N2O3. The van der Waals surface area contributed by atoms with Crippen LogP contribution >= 0.6 is 0 Å². The first-order chi connectivity index (χ1) is 10.2. The van der Waals surface area contributed by atoms with Gasteiger partial charge >= 0.3 is 5.97 Å². The molecule has 3 rings (SSSR count). The van der Waals surface area contributed by atoms with Crippen molar-refractivity contribution in [3.05, 3.63) is 29.8 Å². The average Bonchev–Trinajstić information content (AvgIpc) is 2.97. The Morgan fingerprint density at radius 2 is 2.10 bits per heavy atom. The van der Waals surface area contributed by atoms with Gasteiger partial charge in [-0.2, -0.15) is 0 Å². The summed E-state index contributed by atoms with van der Waals surface area (Å²) in [5, 5.41) is 3.27. The number of benzene rings is 1. The normalized spacial score (nSPS) is 24.1. The van der Waals surface area contributed by atoms with Crippen LogP contribution in [-0.4, -0.2) is 42.5 Å². The maximum absolute atomic E-state index is 12.8. The van der Waals surface area contributed by atoms with Gasteiger partial charge < -0.3 is 15.0 Å². The number of likely N-dealkylation sites (tertiary alicyclic amines) is 1. The second-order valence-electron chi connectivity index (χ2n) is 5.62. The van der Waals surface area contributed by atoms with E-state index in [2.05, 4.69) is 5.32 Å². The van der Waals surface area contributed by atoms with E-state index in [-0.39, 0.29) is 17.9 Å². The van der Waals surface area contributed by atoms with E-state index in [1.807, 2.05) is 24.3 Å². The number of amides is 1. The third-order valence-electron chi connectivity index (χ3n) is 4.33. The number of anilines is 1. The zero-order chi connectivity index (χ0) is 14.8. The summed E-state index contributed by atoms with van der Waals surface area (Å²) in [5.41, 5.74) is 2.17. The molecule has 1 amide bonds. The quantitative estimate of drug-likeness (QED) is 0.839. The number of para-hydroxylation sites is 1. The molecule has 5 heteroatoms. The Balaban J connectivity index is 1.74. The standard InChI is InChI=1S/C16H20N2O3/c1-21-16(20)14-8-4-5-9-18(14)15(19)13-10-11-6-2-3-7-12(11)17-13/h2-3,6-7,13-14,17H,4-5,8-10H2,1H3/t13-,14?/m0/s1. The largest absolute Gasteiger partial charge is 0.467 e. The molecule has 2 heterocycles. The zero-order valence-corrected chi connectivity index (χ0v) is 12.2. The highest BCUT2D eigenvalue weighted by atomic mass is 16.5. The number of hydrogen-bond donors (Lipinski definition) is 1. The molecule has 5 nitrogen and oxygen atoms in total. The Kier molecular flexibility index (Phi) is 3.82. The number of nitrogens with one attached hydrogen (secondary N) is 1. The summed E-state index contributed by atoms with van der Waals surface area (Å²) in [4.78, 5) is 26.3. The summed E-state index contributed by atoms with van der Waals surface area (Å²) in [6, 6.07) is 7.25. The second kappa shape index (κ2) is 5.76. The fourth-order valence-electron chi connectivity index (χ4n) is 3.22. The van der Waals surface area contributed by atoms with Crippen LogP contribution in [0, 0.1) is 0 Å². The average molecular weight is 288 g/mol. The Morgan fingerprint density at radius 3 is 2.86 bits per heavy atom. The Labute approximate surface area is 124 Å². The van der Waals surface area contributed by atoms with Gasteiger partial charge in [0.2, 0.25) is 5.91 Å². The van der Waals surface area contributed by atoms with Gasteiger partial charge in [-0.15, -0.1) is 0 Å². The first-order valence-electron chi connectivity index (χ1n) is 7.43. The molecule has 2 aliphatic rings. The van der Waals surface area contributed by atoms with Gasteiger partial charge in [-0.25, -0.2) is 4.79 Å². The van der Waals surface area contributed by atoms with Crippen LogP contribution in [0.2, 0.25) is 0 Å². The fraction of sp³-hybridized carbons (Fsp3) is 0.500. The van der Waals surface area contributed by atoms with Gasteiger partial charge in [-0.05, 0) is 30.9 Å². The van der Waals surface area contributed by atoms with E-state index < -0.39 is 6.04 Å². The van der Waals surface area contributed by atoms with Gasteiger partial charge in [0.05, 0.1) is 7.11 Å². The van der Waals surface area contributed by atoms with Crippen molar-refractivity contribution < 1.29 is 14.3 Å². The lowest BCUT2D eigenvalue weighted by Gasteiger charge is -2.35. The van der Waals surface area contributed by atoms with Crippen molar-refractivity contribution >= 4 is 17.6 Å². The van der Waals surface area contributed by atoms with Crippen LogP contribution < -0.4 is 5.32 Å². The maximum Gasteiger partial charge on any atom is 0.328 e. The van der Waals surface area contributed by atoms with Crippen molar-refractivity contribution in [3.63, 3.8) is 0 Å². The number of ether oxygens (including phenoxy) is 1. The number of fused-ring (bicyclic) bond motifs is 1. The molecule has 21 heavy (non-hydrogen) atoms. The Bertz CT molecular complexity index is 533. The van der Waals surface area contributed by atoms with Crippen LogP contribution in [0.25, 0.3) is 0 Å². The summed E-state index contributed by atoms with van der Waals surface area (Å²) in [7, 11) is 1.38. The third-order valence-corrected chi connectivity index (χ3v) is 4.33. The van der Waals surface area contributed by atoms with E-state index in [0.717, 1.165) is 24.1 Å². The van der Waals surface area contributed by atoms with Crippen LogP contribution in [0.1, 0.15) is 24.8 Å². The number of carbonyl (C=O) groups is 2. The fourth-order valence-corrected chi connectivity index (χ4v) is 3.22. The van der Waals surface area contributed by atoms with Crippen molar-refractivity contribution in [2.75, 3.05) is 19.0 Å². The van der Waals surface area contributed by atoms with E-state index in [4.69, 9.17) is 4.74 Å². The summed E-state index contributed by atoms with van der Waals surface area (Å²) >= 11 is 0. The lowest BCUT2D eigenvalue weighted by Crippen LogP contribution is -2.53. The molecule has 0 radical (unpaired) electrons. The first kappa shape index (κ1) is 13.9. The molecular weight excluding hydrogens is 268 g/mol. The van der Waals surface area contributed by atoms with Crippen LogP contribution in [0.4, 0.5) is 5.69 Å². The summed E-state index contributed by atoms with van der Waals surface area (Å²) in [5.74, 6) is -0.306. The van der Waals surface area contributed by atoms with Crippen molar-refractivity contribution in [2.24, 2.45) is 0 Å². The highest BCUT2D eigenvalue weighted by molar-refractivity contribution is 5.91. The summed E-state index contributed by atoms with van der Waals surface area (Å²) < 4.78 is 4.84. The van der Waals surface area contributed by atoms with Crippen LogP contribution in [0.5, 0.6) is 0 Å². The van der Waals surface area contributed by atoms with Crippen LogP contribution in [0.15, 0.2) is 24.3 Å². The van der Waals surface area contributed by atoms with E-state index in [1.54, 1.807) is 4.90 Å². The smallest absolute Gasteiger partial charge is 0.328 e. The highest BCUT2D eigenvalue weighted by Crippen LogP contribution is 2.28. The van der Waals surface area contributed by atoms with E-state index in [9.17, 15) is 9.59 Å². The minimum absolute atomic E-state index is 0.00120. The summed E-state index contributed by atoms with van der Waals surface area (Å²) in [6.45, 7) is 0.632. The predicted octanol–water partition coefficient (Wildman–Crippen LogP) is 1.58. The maximum atomic E-state index is 12.8. The molecule has 1 saturated heterocycles. The molecule has 1 aromatic carbocycles. The monoisotopic (exact) mass is 288 g/mol. The molecule has 1 fully saturated rings. The van der Waals surface area contributed by atoms with Crippen LogP contribution in [0.3, 0.4) is 0 Å². The molecule has 2 atom stereocenters. The Morgan fingerprint density at radius 1 is 1.29 bits per heavy atom. The van der Waals surface area contributed by atoms with Gasteiger partial charge in [0.15, 0.2) is 0 Å². The molecule has 2 aliphatic heterocycles. The number of esters is 1. The zero-order valence-electron chi connectivity index (χ0n) is 12.2. The number of hydrogen-bond acceptors (Lipinski definition) is 4. The van der Waals surface area contributed by atoms with Crippen molar-refractivity contribution in [2.45, 2.75) is 37.8 Å². The van der Waals surface area contributed by atoms with Gasteiger partial charge in [0.25, 0.3) is 0 Å². The number of methoxy groups -OCH3 is 1. The molecule has 0 saturated carbocycles. The van der Waals surface area contributed by atoms with Gasteiger partial charge in [-0.3, -0.25) is 4.79 Å². The molecule has 1 aromatic rings. The van der Waals surface area contributed by atoms with Gasteiger partial charge in [0, 0.05) is 18.7 Å². The molecule has 0 bridgehead atoms. The number of carbonyl (C=O) groups excluding carboxylic acids is 2. The Hall–Kier alpha value is -2.04. The predicted molar refractivity (Wildman–Crippen MR) is 78.9 cm³/mol. The molecule has 0 aliphatic carbocycles.